The van der Waals surface area contributed by atoms with Crippen molar-refractivity contribution in [2.24, 2.45) is 7.05 Å². The van der Waals surface area contributed by atoms with Crippen LogP contribution in [-0.4, -0.2) is 27.7 Å². The van der Waals surface area contributed by atoms with E-state index in [0.29, 0.717) is 11.3 Å². The zero-order valence-corrected chi connectivity index (χ0v) is 9.61. The molecule has 0 spiro atoms. The summed E-state index contributed by atoms with van der Waals surface area (Å²) < 4.78 is 6.66. The first-order valence-corrected chi connectivity index (χ1v) is 4.37. The van der Waals surface area contributed by atoms with Gasteiger partial charge >= 0.3 is 5.97 Å². The molecule has 0 bridgehead atoms. The van der Waals surface area contributed by atoms with Gasteiger partial charge in [0.2, 0.25) is 5.88 Å². The number of ether oxygens (including phenoxy) is 1. The lowest BCUT2D eigenvalue weighted by Gasteiger charge is -2.00. The fourth-order valence-corrected chi connectivity index (χ4v) is 1.60. The summed E-state index contributed by atoms with van der Waals surface area (Å²) >= 11 is 0. The zero-order valence-electron chi connectivity index (χ0n) is 8.80. The minimum absolute atomic E-state index is 0. The average Bonchev–Trinajstić information content (AvgIpc) is 2.56. The fraction of sp³-hybridized carbons (Fsp3) is 0.200. The van der Waals surface area contributed by atoms with Crippen LogP contribution >= 0.6 is 12.4 Å². The van der Waals surface area contributed by atoms with E-state index >= 15 is 0 Å². The van der Waals surface area contributed by atoms with E-state index in [1.54, 1.807) is 29.9 Å². The molecule has 2 heterocycles. The van der Waals surface area contributed by atoms with Crippen LogP contribution in [-0.2, 0) is 7.05 Å². The Balaban J connectivity index is 0.00000128. The van der Waals surface area contributed by atoms with Crippen LogP contribution in [0.5, 0.6) is 5.88 Å². The maximum atomic E-state index is 10.9. The molecule has 0 unspecified atom stereocenters. The number of hydrogen-bond donors (Lipinski definition) is 1. The number of carboxylic acids is 1. The van der Waals surface area contributed by atoms with Crippen molar-refractivity contribution in [3.63, 3.8) is 0 Å². The maximum absolute atomic E-state index is 10.9. The predicted octanol–water partition coefficient (Wildman–Crippen LogP) is 1.70. The van der Waals surface area contributed by atoms with Crippen LogP contribution in [0.2, 0.25) is 0 Å². The summed E-state index contributed by atoms with van der Waals surface area (Å²) in [6.45, 7) is 0. The number of hydrogen-bond acceptors (Lipinski definition) is 3. The summed E-state index contributed by atoms with van der Waals surface area (Å²) in [6.07, 6.45) is 1.59. The molecule has 0 fully saturated rings. The number of aromatic carboxylic acids is 1. The minimum Gasteiger partial charge on any atom is -0.481 e. The van der Waals surface area contributed by atoms with Gasteiger partial charge in [0.25, 0.3) is 0 Å². The summed E-state index contributed by atoms with van der Waals surface area (Å²) in [5.41, 5.74) is 1.01. The monoisotopic (exact) mass is 242 g/mol. The third-order valence-electron chi connectivity index (χ3n) is 2.35. The van der Waals surface area contributed by atoms with Gasteiger partial charge in [-0.25, -0.2) is 9.78 Å². The smallest absolute Gasteiger partial charge is 0.352 e. The van der Waals surface area contributed by atoms with Gasteiger partial charge < -0.3 is 14.4 Å². The molecule has 0 aliphatic heterocycles. The largest absolute Gasteiger partial charge is 0.481 e. The molecular weight excluding hydrogens is 232 g/mol. The highest BCUT2D eigenvalue weighted by atomic mass is 35.5. The second-order valence-electron chi connectivity index (χ2n) is 3.15. The van der Waals surface area contributed by atoms with Gasteiger partial charge in [-0.1, -0.05) is 0 Å². The number of halogens is 1. The lowest BCUT2D eigenvalue weighted by Crippen LogP contribution is -2.03. The zero-order chi connectivity index (χ0) is 11.0. The van der Waals surface area contributed by atoms with E-state index in [4.69, 9.17) is 9.84 Å². The number of aromatic nitrogens is 2. The third kappa shape index (κ3) is 1.69. The average molecular weight is 243 g/mol. The predicted molar refractivity (Wildman–Crippen MR) is 61.5 cm³/mol. The van der Waals surface area contributed by atoms with Crippen LogP contribution in [0, 0.1) is 0 Å². The first-order chi connectivity index (χ1) is 7.15. The van der Waals surface area contributed by atoms with E-state index in [1.165, 1.54) is 7.11 Å². The van der Waals surface area contributed by atoms with Gasteiger partial charge in [-0.2, -0.15) is 0 Å². The first kappa shape index (κ1) is 12.3. The van der Waals surface area contributed by atoms with E-state index in [2.05, 4.69) is 4.98 Å². The molecule has 6 heteroatoms. The van der Waals surface area contributed by atoms with E-state index in [0.717, 1.165) is 5.52 Å². The van der Waals surface area contributed by atoms with Crippen molar-refractivity contribution in [2.45, 2.75) is 0 Å². The second kappa shape index (κ2) is 4.40. The molecule has 0 amide bonds. The van der Waals surface area contributed by atoms with E-state index in [1.807, 2.05) is 0 Å². The van der Waals surface area contributed by atoms with Crippen LogP contribution in [0.15, 0.2) is 18.3 Å². The molecule has 0 aromatic carbocycles. The number of carboxylic acid groups (broad SMARTS) is 1. The lowest BCUT2D eigenvalue weighted by atomic mass is 10.3. The Morgan fingerprint density at radius 3 is 2.81 bits per heavy atom. The molecule has 0 saturated carbocycles. The summed E-state index contributed by atoms with van der Waals surface area (Å²) in [4.78, 5) is 14.9. The molecule has 1 N–H and O–H groups in total. The van der Waals surface area contributed by atoms with E-state index < -0.39 is 5.97 Å². The molecule has 2 aromatic rings. The van der Waals surface area contributed by atoms with Gasteiger partial charge in [-0.15, -0.1) is 12.4 Å². The summed E-state index contributed by atoms with van der Waals surface area (Å²) in [5.74, 6) is -0.522. The van der Waals surface area contributed by atoms with Crippen LogP contribution in [0.3, 0.4) is 0 Å². The van der Waals surface area contributed by atoms with E-state index in [9.17, 15) is 4.79 Å². The van der Waals surface area contributed by atoms with Crippen LogP contribution in [0.1, 0.15) is 10.5 Å². The second-order valence-corrected chi connectivity index (χ2v) is 3.15. The van der Waals surface area contributed by atoms with Gasteiger partial charge in [0.1, 0.15) is 5.69 Å². The third-order valence-corrected chi connectivity index (χ3v) is 2.35. The Morgan fingerprint density at radius 1 is 1.56 bits per heavy atom. The van der Waals surface area contributed by atoms with Gasteiger partial charge in [0, 0.05) is 13.2 Å². The SMILES string of the molecule is COc1nccc2c1cc(C(=O)O)n2C.Cl. The lowest BCUT2D eigenvalue weighted by molar-refractivity contribution is 0.0687. The molecule has 0 atom stereocenters. The number of fused-ring (bicyclic) bond motifs is 1. The molecule has 0 aliphatic rings. The van der Waals surface area contributed by atoms with Crippen molar-refractivity contribution in [3.8, 4) is 5.88 Å². The van der Waals surface area contributed by atoms with Crippen molar-refractivity contribution in [1.29, 1.82) is 0 Å². The quantitative estimate of drug-likeness (QED) is 0.871. The highest BCUT2D eigenvalue weighted by molar-refractivity contribution is 5.96. The van der Waals surface area contributed by atoms with Gasteiger partial charge in [0.15, 0.2) is 0 Å². The number of methoxy groups -OCH3 is 1. The van der Waals surface area contributed by atoms with Gasteiger partial charge in [-0.05, 0) is 12.1 Å². The molecular formula is C10H11ClN2O3. The normalized spacial score (nSPS) is 9.88. The Bertz CT molecular complexity index is 536. The molecule has 5 nitrogen and oxygen atoms in total. The summed E-state index contributed by atoms with van der Waals surface area (Å²) in [6, 6.07) is 3.31. The fourth-order valence-electron chi connectivity index (χ4n) is 1.60. The number of pyridine rings is 1. The molecule has 2 rings (SSSR count). The molecule has 2 aromatic heterocycles. The van der Waals surface area contributed by atoms with Gasteiger partial charge in [-0.3, -0.25) is 0 Å². The maximum Gasteiger partial charge on any atom is 0.352 e. The van der Waals surface area contributed by atoms with E-state index in [-0.39, 0.29) is 18.1 Å². The molecule has 86 valence electrons. The Labute approximate surface area is 98.1 Å². The molecule has 16 heavy (non-hydrogen) atoms. The van der Waals surface area contributed by atoms with Crippen molar-refractivity contribution < 1.29 is 14.6 Å². The molecule has 0 aliphatic carbocycles. The van der Waals surface area contributed by atoms with Crippen molar-refractivity contribution in [3.05, 3.63) is 24.0 Å². The molecule has 0 saturated heterocycles. The Hall–Kier alpha value is -1.75. The number of aryl methyl sites for hydroxylation is 1. The highest BCUT2D eigenvalue weighted by Crippen LogP contribution is 2.25. The topological polar surface area (TPSA) is 64.3 Å². The molecule has 0 radical (unpaired) electrons. The number of rotatable bonds is 2. The summed E-state index contributed by atoms with van der Waals surface area (Å²) in [7, 11) is 3.21. The summed E-state index contributed by atoms with van der Waals surface area (Å²) in [5, 5.41) is 9.66. The highest BCUT2D eigenvalue weighted by Gasteiger charge is 2.14. The van der Waals surface area contributed by atoms with Crippen LogP contribution in [0.25, 0.3) is 10.9 Å². The first-order valence-electron chi connectivity index (χ1n) is 4.37. The van der Waals surface area contributed by atoms with Gasteiger partial charge in [0.05, 0.1) is 18.0 Å². The Kier molecular flexibility index (Phi) is 3.39. The number of nitrogens with zero attached hydrogens (tertiary/aromatic N) is 2. The Morgan fingerprint density at radius 2 is 2.25 bits per heavy atom. The number of carbonyl (C=O) groups is 1. The standard InChI is InChI=1S/C10H10N2O3.ClH/c1-12-7-3-4-11-9(15-2)6(7)5-8(12)10(13)14;/h3-5H,1-2H3,(H,13,14);1H. The van der Waals surface area contributed by atoms with Crippen molar-refractivity contribution in [2.75, 3.05) is 7.11 Å². The van der Waals surface area contributed by atoms with Crippen LogP contribution in [0.4, 0.5) is 0 Å². The van der Waals surface area contributed by atoms with Crippen LogP contribution < -0.4 is 4.74 Å². The van der Waals surface area contributed by atoms with Crippen molar-refractivity contribution >= 4 is 29.3 Å². The minimum atomic E-state index is -0.962. The van der Waals surface area contributed by atoms with Crippen molar-refractivity contribution in [1.82, 2.24) is 9.55 Å².